The van der Waals surface area contributed by atoms with E-state index in [0.29, 0.717) is 0 Å². The van der Waals surface area contributed by atoms with Gasteiger partial charge >= 0.3 is 12.4 Å². The van der Waals surface area contributed by atoms with Crippen LogP contribution in [0.2, 0.25) is 0 Å². The van der Waals surface area contributed by atoms with E-state index < -0.39 is 12.4 Å². The Balaban J connectivity index is 0. The first-order valence-electron chi connectivity index (χ1n) is 5.49. The van der Waals surface area contributed by atoms with Crippen molar-refractivity contribution in [3.05, 3.63) is 12.4 Å². The molecule has 10 heteroatoms. The van der Waals surface area contributed by atoms with E-state index in [0.717, 1.165) is 17.1 Å². The van der Waals surface area contributed by atoms with Gasteiger partial charge in [-0.3, -0.25) is 0 Å². The number of rotatable bonds is 3. The van der Waals surface area contributed by atoms with Crippen molar-refractivity contribution in [3.63, 3.8) is 0 Å². The quantitative estimate of drug-likeness (QED) is 0.587. The van der Waals surface area contributed by atoms with E-state index >= 15 is 0 Å². The normalized spacial score (nSPS) is 12.0. The Labute approximate surface area is 113 Å². The molecule has 0 spiro atoms. The Morgan fingerprint density at radius 3 is 1.75 bits per heavy atom. The van der Waals surface area contributed by atoms with E-state index in [-0.39, 0.29) is 0 Å². The van der Waals surface area contributed by atoms with Gasteiger partial charge in [-0.05, 0) is 16.8 Å². The molecule has 0 aromatic rings. The molecule has 0 aromatic carbocycles. The Morgan fingerprint density at radius 2 is 1.50 bits per heavy atom. The molecular formula is C10H16F6N4. The third-order valence-corrected chi connectivity index (χ3v) is 1.86. The van der Waals surface area contributed by atoms with Crippen molar-refractivity contribution in [3.8, 4) is 0 Å². The largest absolute Gasteiger partial charge is 0.391 e. The summed E-state index contributed by atoms with van der Waals surface area (Å²) >= 11 is 0. The third-order valence-electron chi connectivity index (χ3n) is 1.86. The molecule has 0 unspecified atom stereocenters. The minimum absolute atomic E-state index is 0.972. The number of unbranched alkanes of at least 4 members (excludes halogenated alkanes) is 1. The molecule has 0 N–H and O–H groups in total. The second-order valence-electron chi connectivity index (χ2n) is 3.51. The maximum Gasteiger partial charge on any atom is 0.391 e. The maximum atomic E-state index is 10.1. The van der Waals surface area contributed by atoms with Gasteiger partial charge in [0.05, 0.1) is 6.67 Å². The van der Waals surface area contributed by atoms with E-state index in [1.165, 1.54) is 19.4 Å². The van der Waals surface area contributed by atoms with Crippen LogP contribution in [-0.4, -0.2) is 42.5 Å². The summed E-state index contributed by atoms with van der Waals surface area (Å²) in [6.45, 7) is 4.50. The van der Waals surface area contributed by atoms with Gasteiger partial charge in [0.15, 0.2) is 0 Å². The van der Waals surface area contributed by atoms with Crippen LogP contribution in [0.1, 0.15) is 19.8 Å². The van der Waals surface area contributed by atoms with Crippen molar-refractivity contribution in [1.82, 2.24) is 9.80 Å². The van der Waals surface area contributed by atoms with Crippen molar-refractivity contribution in [2.45, 2.75) is 19.8 Å². The van der Waals surface area contributed by atoms with Gasteiger partial charge in [0.25, 0.3) is 0 Å². The molecule has 0 saturated heterocycles. The van der Waals surface area contributed by atoms with Crippen molar-refractivity contribution < 1.29 is 26.5 Å². The molecule has 0 bridgehead atoms. The number of hydrogen-bond acceptors (Lipinski definition) is 4. The number of halogens is 6. The molecule has 20 heavy (non-hydrogen) atoms. The first-order valence-corrected chi connectivity index (χ1v) is 5.49. The first-order chi connectivity index (χ1) is 9.37. The molecule has 4 nitrogen and oxygen atoms in total. The Bertz CT molecular complexity index is 297. The van der Waals surface area contributed by atoms with E-state index in [1.54, 1.807) is 0 Å². The van der Waals surface area contributed by atoms with Gasteiger partial charge in [-0.15, -0.1) is 17.6 Å². The zero-order chi connectivity index (χ0) is 16.0. The van der Waals surface area contributed by atoms with E-state index in [2.05, 4.69) is 36.2 Å². The average molecular weight is 306 g/mol. The van der Waals surface area contributed by atoms with Gasteiger partial charge in [0, 0.05) is 26.0 Å². The summed E-state index contributed by atoms with van der Waals surface area (Å²) in [6.07, 6.45) is 1.80. The highest BCUT2D eigenvalue weighted by Crippen LogP contribution is 2.04. The second-order valence-corrected chi connectivity index (χ2v) is 3.51. The predicted octanol–water partition coefficient (Wildman–Crippen LogP) is 3.79. The van der Waals surface area contributed by atoms with E-state index in [4.69, 9.17) is 0 Å². The predicted molar refractivity (Wildman–Crippen MR) is 64.9 cm³/mol. The van der Waals surface area contributed by atoms with Crippen LogP contribution in [0.5, 0.6) is 0 Å². The van der Waals surface area contributed by atoms with Crippen LogP contribution < -0.4 is 0 Å². The number of nitrogens with zero attached hydrogens (tertiary/aromatic N) is 4. The summed E-state index contributed by atoms with van der Waals surface area (Å²) in [5, 5.41) is 1.94. The van der Waals surface area contributed by atoms with Gasteiger partial charge < -0.3 is 9.80 Å². The Morgan fingerprint density at radius 1 is 1.05 bits per heavy atom. The lowest BCUT2D eigenvalue weighted by atomic mass is 10.3. The van der Waals surface area contributed by atoms with Crippen molar-refractivity contribution >= 4 is 12.4 Å². The number of hydrogen-bond donors (Lipinski definition) is 0. The molecule has 0 amide bonds. The van der Waals surface area contributed by atoms with Gasteiger partial charge in [-0.2, -0.15) is 0 Å². The lowest BCUT2D eigenvalue weighted by Crippen LogP contribution is -2.23. The Hall–Kier alpha value is -1.74. The summed E-state index contributed by atoms with van der Waals surface area (Å²) in [4.78, 5) is 4.53. The summed E-state index contributed by atoms with van der Waals surface area (Å²) in [5.41, 5.74) is 0. The monoisotopic (exact) mass is 306 g/mol. The topological polar surface area (TPSA) is 31.2 Å². The third kappa shape index (κ3) is 16.3. The average Bonchev–Trinajstić information content (AvgIpc) is 2.83. The van der Waals surface area contributed by atoms with Crippen LogP contribution in [0.4, 0.5) is 26.5 Å². The maximum absolute atomic E-state index is 10.1. The van der Waals surface area contributed by atoms with Crippen LogP contribution in [0.3, 0.4) is 0 Å². The highest BCUT2D eigenvalue weighted by Gasteiger charge is 2.05. The van der Waals surface area contributed by atoms with Crippen LogP contribution in [0, 0.1) is 0 Å². The summed E-state index contributed by atoms with van der Waals surface area (Å²) in [5.74, 6) is 0. The fourth-order valence-corrected chi connectivity index (χ4v) is 1.10. The van der Waals surface area contributed by atoms with Gasteiger partial charge in [0.2, 0.25) is 0 Å². The zero-order valence-corrected chi connectivity index (χ0v) is 11.0. The molecular weight excluding hydrogens is 290 g/mol. The van der Waals surface area contributed by atoms with Gasteiger partial charge in [-0.25, -0.2) is 0 Å². The lowest BCUT2D eigenvalue weighted by molar-refractivity contribution is 0.293. The van der Waals surface area contributed by atoms with Crippen LogP contribution in [-0.2, 0) is 0 Å². The molecule has 0 radical (unpaired) electrons. The van der Waals surface area contributed by atoms with E-state index in [1.807, 2.05) is 0 Å². The van der Waals surface area contributed by atoms with Crippen molar-refractivity contribution in [2.75, 3.05) is 20.3 Å². The van der Waals surface area contributed by atoms with Crippen molar-refractivity contribution in [2.24, 2.45) is 10.4 Å². The minimum atomic E-state index is -2.54. The molecule has 1 aliphatic rings. The zero-order valence-electron chi connectivity index (χ0n) is 11.0. The van der Waals surface area contributed by atoms with Gasteiger partial charge in [0.1, 0.15) is 0 Å². The molecule has 0 saturated carbocycles. The standard InChI is InChI=1S/C8H16N2.2CF3N/c1-3-4-5-10-7-6-9(2)8-10;2*2-1(3)5-4/h6-7H,3-5,8H2,1-2H3;;. The SMILES string of the molecule is CCCCN1C=CN(C)C1.FN=C(F)F.FN=C(F)F. The first kappa shape index (κ1) is 20.6. The van der Waals surface area contributed by atoms with Crippen LogP contribution in [0.15, 0.2) is 22.8 Å². The minimum Gasteiger partial charge on any atom is -0.362 e. The van der Waals surface area contributed by atoms with Gasteiger partial charge in [-0.1, -0.05) is 22.3 Å². The Kier molecular flexibility index (Phi) is 14.1. The highest BCUT2D eigenvalue weighted by molar-refractivity contribution is 5.62. The van der Waals surface area contributed by atoms with E-state index in [9.17, 15) is 26.5 Å². The molecule has 0 aliphatic carbocycles. The summed E-state index contributed by atoms with van der Waals surface area (Å²) in [6, 6.07) is 0. The highest BCUT2D eigenvalue weighted by atomic mass is 19.3. The molecule has 118 valence electrons. The summed E-state index contributed by atoms with van der Waals surface area (Å²) in [7, 11) is 2.10. The molecule has 1 heterocycles. The molecule has 1 rings (SSSR count). The van der Waals surface area contributed by atoms with Crippen LogP contribution >= 0.6 is 0 Å². The second kappa shape index (κ2) is 13.7. The fraction of sp³-hybridized carbons (Fsp3) is 0.600. The van der Waals surface area contributed by atoms with Crippen molar-refractivity contribution in [1.29, 1.82) is 0 Å². The smallest absolute Gasteiger partial charge is 0.362 e. The molecule has 1 aliphatic heterocycles. The lowest BCUT2D eigenvalue weighted by Gasteiger charge is -2.17. The summed E-state index contributed by atoms with van der Waals surface area (Å²) < 4.78 is 60.5. The molecule has 0 atom stereocenters. The fourth-order valence-electron chi connectivity index (χ4n) is 1.10. The van der Waals surface area contributed by atoms with Crippen LogP contribution in [0.25, 0.3) is 0 Å². The molecule has 0 aromatic heterocycles. The molecule has 0 fully saturated rings.